The van der Waals surface area contributed by atoms with Crippen LogP contribution in [0.2, 0.25) is 0 Å². The number of ether oxygens (including phenoxy) is 2. The summed E-state index contributed by atoms with van der Waals surface area (Å²) in [6, 6.07) is 7.48. The summed E-state index contributed by atoms with van der Waals surface area (Å²) in [4.78, 5) is 0. The molecule has 0 fully saturated rings. The summed E-state index contributed by atoms with van der Waals surface area (Å²) in [5, 5.41) is 9.38. The Morgan fingerprint density at radius 3 is 2.67 bits per heavy atom. The van der Waals surface area contributed by atoms with Gasteiger partial charge in [-0.05, 0) is 0 Å². The van der Waals surface area contributed by atoms with Gasteiger partial charge in [0.1, 0.15) is 0 Å². The summed E-state index contributed by atoms with van der Waals surface area (Å²) in [5.74, 6) is 0. The van der Waals surface area contributed by atoms with Gasteiger partial charge in [0.25, 0.3) is 0 Å². The van der Waals surface area contributed by atoms with Crippen molar-refractivity contribution in [1.82, 2.24) is 0 Å². The minimum absolute atomic E-state index is 0.420. The maximum absolute atomic E-state index is 9.38. The van der Waals surface area contributed by atoms with Gasteiger partial charge in [0.05, 0.1) is 0 Å². The molecule has 3 heteroatoms. The van der Waals surface area contributed by atoms with Crippen LogP contribution in [0, 0.1) is 0 Å². The van der Waals surface area contributed by atoms with Gasteiger partial charge >= 0.3 is 0 Å². The molecule has 0 saturated carbocycles. The molecule has 0 amide bonds. The molecule has 0 bridgehead atoms. The van der Waals surface area contributed by atoms with E-state index < -0.39 is 12.6 Å². The molecule has 0 radical (unpaired) electrons. The molecule has 1 N–H and O–H groups in total. The lowest BCUT2D eigenvalue weighted by atomic mass is 10.1. The van der Waals surface area contributed by atoms with Crippen LogP contribution in [0.1, 0.15) is 23.7 Å². The largest absolute Gasteiger partial charge is 0.364 e. The fraction of sp³-hybridized carbons (Fsp3) is 0.333. The van der Waals surface area contributed by atoms with Crippen molar-refractivity contribution in [3.63, 3.8) is 0 Å². The highest BCUT2D eigenvalue weighted by atomic mass is 16.7. The van der Waals surface area contributed by atoms with Crippen molar-refractivity contribution in [1.29, 1.82) is 0 Å². The van der Waals surface area contributed by atoms with E-state index in [1.807, 2.05) is 24.3 Å². The quantitative estimate of drug-likeness (QED) is 0.684. The highest BCUT2D eigenvalue weighted by molar-refractivity contribution is 5.31. The van der Waals surface area contributed by atoms with Gasteiger partial charge in [0, 0.05) is 18.2 Å². The first-order valence-corrected chi connectivity index (χ1v) is 3.78. The first-order chi connectivity index (χ1) is 5.83. The van der Waals surface area contributed by atoms with Crippen molar-refractivity contribution in [2.75, 3.05) is 7.11 Å². The van der Waals surface area contributed by atoms with Crippen molar-refractivity contribution in [3.05, 3.63) is 35.4 Å². The van der Waals surface area contributed by atoms with Gasteiger partial charge in [-0.2, -0.15) is 0 Å². The van der Waals surface area contributed by atoms with Crippen molar-refractivity contribution in [2.45, 2.75) is 12.6 Å². The number of rotatable bonds is 1. The number of hydrogen-bond donors (Lipinski definition) is 1. The number of aliphatic hydroxyl groups is 1. The fourth-order valence-corrected chi connectivity index (χ4v) is 1.40. The van der Waals surface area contributed by atoms with Crippen molar-refractivity contribution < 1.29 is 14.6 Å². The molecule has 1 aromatic rings. The monoisotopic (exact) mass is 166 g/mol. The summed E-state index contributed by atoms with van der Waals surface area (Å²) in [7, 11) is 1.56. The maximum Gasteiger partial charge on any atom is 0.187 e. The molecule has 0 spiro atoms. The first kappa shape index (κ1) is 7.73. The highest BCUT2D eigenvalue weighted by Gasteiger charge is 2.29. The lowest BCUT2D eigenvalue weighted by Crippen LogP contribution is -1.99. The zero-order valence-electron chi connectivity index (χ0n) is 6.73. The Balaban J connectivity index is 2.43. The number of methoxy groups -OCH3 is 1. The smallest absolute Gasteiger partial charge is 0.187 e. The van der Waals surface area contributed by atoms with E-state index in [0.29, 0.717) is 0 Å². The molecule has 0 saturated heterocycles. The van der Waals surface area contributed by atoms with Crippen molar-refractivity contribution in [2.24, 2.45) is 0 Å². The second kappa shape index (κ2) is 2.86. The lowest BCUT2D eigenvalue weighted by molar-refractivity contribution is -0.206. The minimum atomic E-state index is -0.842. The highest BCUT2D eigenvalue weighted by Crippen LogP contribution is 2.37. The van der Waals surface area contributed by atoms with E-state index >= 15 is 0 Å². The van der Waals surface area contributed by atoms with Gasteiger partial charge < -0.3 is 14.6 Å². The molecule has 0 aliphatic carbocycles. The average molecular weight is 166 g/mol. The zero-order chi connectivity index (χ0) is 8.55. The standard InChI is InChI=1S/C9H10O3/c1-11-9-7-5-3-2-4-6(7)8(10)12-9/h2-5,8-10H,1H3. The zero-order valence-corrected chi connectivity index (χ0v) is 6.73. The molecule has 1 aromatic carbocycles. The second-order valence-electron chi connectivity index (χ2n) is 2.68. The summed E-state index contributed by atoms with van der Waals surface area (Å²) in [5.41, 5.74) is 1.71. The van der Waals surface area contributed by atoms with E-state index in [-0.39, 0.29) is 0 Å². The SMILES string of the molecule is COC1OC(O)c2ccccc21. The molecular formula is C9H10O3. The van der Waals surface area contributed by atoms with Crippen LogP contribution in [0.25, 0.3) is 0 Å². The van der Waals surface area contributed by atoms with Gasteiger partial charge in [-0.3, -0.25) is 0 Å². The van der Waals surface area contributed by atoms with Crippen LogP contribution < -0.4 is 0 Å². The van der Waals surface area contributed by atoms with E-state index in [9.17, 15) is 5.11 Å². The summed E-state index contributed by atoms with van der Waals surface area (Å²) in [6.07, 6.45) is -1.26. The van der Waals surface area contributed by atoms with Gasteiger partial charge in [-0.15, -0.1) is 0 Å². The molecule has 64 valence electrons. The Kier molecular flexibility index (Phi) is 1.84. The predicted octanol–water partition coefficient (Wildman–Crippen LogP) is 1.35. The molecule has 2 unspecified atom stereocenters. The van der Waals surface area contributed by atoms with E-state index in [2.05, 4.69) is 0 Å². The van der Waals surface area contributed by atoms with Crippen LogP contribution >= 0.6 is 0 Å². The van der Waals surface area contributed by atoms with E-state index in [4.69, 9.17) is 9.47 Å². The third kappa shape index (κ3) is 1.03. The van der Waals surface area contributed by atoms with Crippen LogP contribution in [0.4, 0.5) is 0 Å². The lowest BCUT2D eigenvalue weighted by Gasteiger charge is -2.07. The Hall–Kier alpha value is -0.900. The van der Waals surface area contributed by atoms with E-state index in [1.165, 1.54) is 0 Å². The molecule has 2 atom stereocenters. The first-order valence-electron chi connectivity index (χ1n) is 3.78. The third-order valence-corrected chi connectivity index (χ3v) is 1.98. The Morgan fingerprint density at radius 1 is 1.33 bits per heavy atom. The Morgan fingerprint density at radius 2 is 2.00 bits per heavy atom. The van der Waals surface area contributed by atoms with Crippen molar-refractivity contribution in [3.8, 4) is 0 Å². The minimum Gasteiger partial charge on any atom is -0.364 e. The molecule has 1 aliphatic heterocycles. The van der Waals surface area contributed by atoms with Crippen LogP contribution in [0.3, 0.4) is 0 Å². The van der Waals surface area contributed by atoms with Crippen molar-refractivity contribution >= 4 is 0 Å². The maximum atomic E-state index is 9.38. The number of benzene rings is 1. The van der Waals surface area contributed by atoms with Crippen LogP contribution in [0.5, 0.6) is 0 Å². The molecule has 3 nitrogen and oxygen atoms in total. The second-order valence-corrected chi connectivity index (χ2v) is 2.68. The van der Waals surface area contributed by atoms with Gasteiger partial charge in [0.15, 0.2) is 12.6 Å². The van der Waals surface area contributed by atoms with E-state index in [1.54, 1.807) is 7.11 Å². The fourth-order valence-electron chi connectivity index (χ4n) is 1.40. The van der Waals surface area contributed by atoms with Crippen LogP contribution in [0.15, 0.2) is 24.3 Å². The number of aliphatic hydroxyl groups excluding tert-OH is 1. The molecule has 1 heterocycles. The van der Waals surface area contributed by atoms with Crippen LogP contribution in [-0.4, -0.2) is 12.2 Å². The Labute approximate surface area is 70.5 Å². The average Bonchev–Trinajstić information content (AvgIpc) is 2.44. The van der Waals surface area contributed by atoms with Gasteiger partial charge in [0.2, 0.25) is 0 Å². The Bertz CT molecular complexity index is 285. The third-order valence-electron chi connectivity index (χ3n) is 1.98. The van der Waals surface area contributed by atoms with E-state index in [0.717, 1.165) is 11.1 Å². The predicted molar refractivity (Wildman–Crippen MR) is 42.2 cm³/mol. The number of hydrogen-bond acceptors (Lipinski definition) is 3. The van der Waals surface area contributed by atoms with Gasteiger partial charge in [-0.25, -0.2) is 0 Å². The molecule has 0 aromatic heterocycles. The number of fused-ring (bicyclic) bond motifs is 1. The summed E-state index contributed by atoms with van der Waals surface area (Å²) < 4.78 is 10.1. The van der Waals surface area contributed by atoms with Gasteiger partial charge in [-0.1, -0.05) is 24.3 Å². The summed E-state index contributed by atoms with van der Waals surface area (Å²) in [6.45, 7) is 0. The summed E-state index contributed by atoms with van der Waals surface area (Å²) >= 11 is 0. The normalized spacial score (nSPS) is 27.2. The molecule has 2 rings (SSSR count). The molecular weight excluding hydrogens is 156 g/mol. The van der Waals surface area contributed by atoms with Crippen LogP contribution in [-0.2, 0) is 9.47 Å². The molecule has 1 aliphatic rings. The topological polar surface area (TPSA) is 38.7 Å². The molecule has 12 heavy (non-hydrogen) atoms.